The average molecular weight is 508 g/mol. The largest absolute Gasteiger partial charge is 0.508 e. The molecule has 196 valence electrons. The van der Waals surface area contributed by atoms with Crippen LogP contribution in [0.4, 0.5) is 0 Å². The molecule has 1 N–H and O–H groups in total. The molecule has 0 saturated heterocycles. The van der Waals surface area contributed by atoms with Crippen LogP contribution in [-0.4, -0.2) is 56.6 Å². The van der Waals surface area contributed by atoms with Crippen LogP contribution in [0.25, 0.3) is 0 Å². The molecule has 0 fully saturated rings. The molecule has 2 aromatic rings. The first-order valence-corrected chi connectivity index (χ1v) is 12.4. The van der Waals surface area contributed by atoms with E-state index < -0.39 is 17.8 Å². The van der Waals surface area contributed by atoms with Gasteiger partial charge in [0.15, 0.2) is 17.3 Å². The Kier molecular flexibility index (Phi) is 8.28. The number of esters is 1. The van der Waals surface area contributed by atoms with E-state index in [0.717, 1.165) is 11.1 Å². The number of methoxy groups -OCH3 is 2. The summed E-state index contributed by atoms with van der Waals surface area (Å²) in [6, 6.07) is 12.3. The van der Waals surface area contributed by atoms with Crippen LogP contribution in [0.3, 0.4) is 0 Å². The molecule has 0 spiro atoms. The number of carbonyl (C=O) groups is 2. The average Bonchev–Trinajstić information content (AvgIpc) is 2.90. The number of nitrogens with zero attached hydrogens (tertiary/aromatic N) is 1. The zero-order chi connectivity index (χ0) is 26.5. The molecule has 0 aromatic heterocycles. The number of hydrogen-bond acceptors (Lipinski definition) is 8. The smallest absolute Gasteiger partial charge is 0.315 e. The number of benzene rings is 2. The molecule has 4 rings (SSSR count). The van der Waals surface area contributed by atoms with Gasteiger partial charge in [-0.25, -0.2) is 0 Å². The number of Topliss-reactive ketones (excluding diaryl/α,β-unsaturated/α-hetero) is 1. The summed E-state index contributed by atoms with van der Waals surface area (Å²) < 4.78 is 21.6. The molecule has 37 heavy (non-hydrogen) atoms. The highest BCUT2D eigenvalue weighted by atomic mass is 16.6. The lowest BCUT2D eigenvalue weighted by atomic mass is 9.69. The lowest BCUT2D eigenvalue weighted by molar-refractivity contribution is -0.148. The van der Waals surface area contributed by atoms with Gasteiger partial charge < -0.3 is 24.1 Å². The Morgan fingerprint density at radius 2 is 1.70 bits per heavy atom. The number of aliphatic imine (C=N–C) groups is 1. The highest BCUT2D eigenvalue weighted by Gasteiger charge is 2.44. The molecule has 1 aliphatic carbocycles. The van der Waals surface area contributed by atoms with E-state index in [1.165, 1.54) is 0 Å². The van der Waals surface area contributed by atoms with Crippen molar-refractivity contribution in [3.05, 3.63) is 64.9 Å². The van der Waals surface area contributed by atoms with Gasteiger partial charge in [0.2, 0.25) is 0 Å². The van der Waals surface area contributed by atoms with Gasteiger partial charge in [0.1, 0.15) is 18.3 Å². The molecule has 2 aliphatic rings. The van der Waals surface area contributed by atoms with Crippen LogP contribution < -0.4 is 9.47 Å². The molecule has 1 aliphatic heterocycles. The molecule has 1 heterocycles. The highest BCUT2D eigenvalue weighted by Crippen LogP contribution is 2.47. The molecular formula is C29H33NO7. The topological polar surface area (TPSA) is 104 Å². The van der Waals surface area contributed by atoms with Gasteiger partial charge in [0.25, 0.3) is 0 Å². The fourth-order valence-electron chi connectivity index (χ4n) is 5.18. The van der Waals surface area contributed by atoms with Gasteiger partial charge in [-0.15, -0.1) is 0 Å². The summed E-state index contributed by atoms with van der Waals surface area (Å²) in [6.45, 7) is 4.63. The summed E-state index contributed by atoms with van der Waals surface area (Å²) in [5.41, 5.74) is 3.54. The molecule has 0 saturated carbocycles. The molecule has 2 aromatic carbocycles. The molecule has 1 unspecified atom stereocenters. The Morgan fingerprint density at radius 1 is 1.00 bits per heavy atom. The number of aromatic hydroxyl groups is 1. The highest BCUT2D eigenvalue weighted by molar-refractivity contribution is 6.09. The van der Waals surface area contributed by atoms with E-state index in [1.807, 2.05) is 25.1 Å². The summed E-state index contributed by atoms with van der Waals surface area (Å²) in [6.07, 6.45) is 0.832. The second-order valence-corrected chi connectivity index (χ2v) is 9.17. The standard InChI is InChI=1S/C29H33NO7/c1-5-36-12-13-37-29(33)26-17(2)30-22-14-20(19-8-11-24(34-3)25(16-19)35-4)15-23(32)28(22)27(26)18-6-9-21(31)10-7-18/h6-11,16,20,26-27,31H,5,12-15H2,1-4H3/t20-,26?,27-/m1/s1. The Labute approximate surface area is 216 Å². The lowest BCUT2D eigenvalue weighted by Gasteiger charge is -2.36. The van der Waals surface area contributed by atoms with Gasteiger partial charge in [0.05, 0.1) is 20.8 Å². The maximum absolute atomic E-state index is 13.7. The van der Waals surface area contributed by atoms with E-state index >= 15 is 0 Å². The Hall–Kier alpha value is -3.65. The van der Waals surface area contributed by atoms with Crippen LogP contribution in [0.1, 0.15) is 49.7 Å². The van der Waals surface area contributed by atoms with Crippen LogP contribution in [0.15, 0.2) is 58.7 Å². The minimum Gasteiger partial charge on any atom is -0.508 e. The first kappa shape index (κ1) is 26.4. The normalized spacial score (nSPS) is 21.2. The quantitative estimate of drug-likeness (QED) is 0.392. The number of hydrogen-bond donors (Lipinski definition) is 1. The van der Waals surface area contributed by atoms with Gasteiger partial charge in [-0.3, -0.25) is 14.6 Å². The van der Waals surface area contributed by atoms with Crippen LogP contribution in [0.2, 0.25) is 0 Å². The summed E-state index contributed by atoms with van der Waals surface area (Å²) in [7, 11) is 3.17. The zero-order valence-electron chi connectivity index (χ0n) is 21.7. The van der Waals surface area contributed by atoms with Gasteiger partial charge in [-0.05, 0) is 61.6 Å². The van der Waals surface area contributed by atoms with Crippen molar-refractivity contribution in [2.24, 2.45) is 10.9 Å². The van der Waals surface area contributed by atoms with Gasteiger partial charge in [-0.1, -0.05) is 18.2 Å². The predicted octanol–water partition coefficient (Wildman–Crippen LogP) is 4.56. The Bertz CT molecular complexity index is 1220. The van der Waals surface area contributed by atoms with Crippen molar-refractivity contribution in [1.29, 1.82) is 0 Å². The second kappa shape index (κ2) is 11.6. The van der Waals surface area contributed by atoms with Crippen LogP contribution in [0, 0.1) is 5.92 Å². The second-order valence-electron chi connectivity index (χ2n) is 9.17. The van der Waals surface area contributed by atoms with Gasteiger partial charge in [-0.2, -0.15) is 0 Å². The minimum atomic E-state index is -0.744. The third-order valence-corrected chi connectivity index (χ3v) is 6.95. The fraction of sp³-hybridized carbons (Fsp3) is 0.414. The maximum Gasteiger partial charge on any atom is 0.315 e. The monoisotopic (exact) mass is 507 g/mol. The Balaban J connectivity index is 1.70. The van der Waals surface area contributed by atoms with Crippen LogP contribution in [-0.2, 0) is 19.1 Å². The number of ether oxygens (including phenoxy) is 4. The first-order valence-electron chi connectivity index (χ1n) is 12.4. The number of rotatable bonds is 9. The van der Waals surface area contributed by atoms with Crippen LogP contribution >= 0.6 is 0 Å². The zero-order valence-corrected chi connectivity index (χ0v) is 21.7. The number of phenolic OH excluding ortho intramolecular Hbond substituents is 1. The van der Waals surface area contributed by atoms with Crippen molar-refractivity contribution in [2.45, 2.75) is 38.5 Å². The predicted molar refractivity (Wildman–Crippen MR) is 138 cm³/mol. The van der Waals surface area contributed by atoms with E-state index in [1.54, 1.807) is 45.4 Å². The molecule has 8 heteroatoms. The van der Waals surface area contributed by atoms with E-state index in [4.69, 9.17) is 23.9 Å². The number of carbonyl (C=O) groups excluding carboxylic acids is 2. The summed E-state index contributed by atoms with van der Waals surface area (Å²) in [5.74, 6) is -0.539. The number of allylic oxidation sites excluding steroid dienone is 2. The molecular weight excluding hydrogens is 474 g/mol. The Morgan fingerprint density at radius 3 is 2.38 bits per heavy atom. The van der Waals surface area contributed by atoms with E-state index in [9.17, 15) is 14.7 Å². The van der Waals surface area contributed by atoms with Crippen LogP contribution in [0.5, 0.6) is 17.2 Å². The molecule has 3 atom stereocenters. The van der Waals surface area contributed by atoms with Gasteiger partial charge >= 0.3 is 5.97 Å². The van der Waals surface area contributed by atoms with Crippen molar-refractivity contribution in [1.82, 2.24) is 0 Å². The first-order chi connectivity index (χ1) is 17.9. The fourth-order valence-corrected chi connectivity index (χ4v) is 5.18. The molecule has 0 amide bonds. The summed E-state index contributed by atoms with van der Waals surface area (Å²) in [5, 5.41) is 9.85. The molecule has 0 radical (unpaired) electrons. The summed E-state index contributed by atoms with van der Waals surface area (Å²) in [4.78, 5) is 31.7. The SMILES string of the molecule is CCOCCOC(=O)C1C(C)=NC2=C(C(=O)C[C@H](c3ccc(OC)c(OC)c3)C2)[C@@H]1c1ccc(O)cc1. The van der Waals surface area contributed by atoms with E-state index in [0.29, 0.717) is 48.1 Å². The lowest BCUT2D eigenvalue weighted by Crippen LogP contribution is -2.38. The third kappa shape index (κ3) is 5.54. The molecule has 0 bridgehead atoms. The molecule has 8 nitrogen and oxygen atoms in total. The van der Waals surface area contributed by atoms with E-state index in [-0.39, 0.29) is 30.5 Å². The third-order valence-electron chi connectivity index (χ3n) is 6.95. The summed E-state index contributed by atoms with van der Waals surface area (Å²) >= 11 is 0. The minimum absolute atomic E-state index is 0.0533. The van der Waals surface area contributed by atoms with Crippen molar-refractivity contribution >= 4 is 17.5 Å². The number of phenols is 1. The number of ketones is 1. The van der Waals surface area contributed by atoms with Crippen molar-refractivity contribution in [3.63, 3.8) is 0 Å². The maximum atomic E-state index is 13.7. The van der Waals surface area contributed by atoms with E-state index in [2.05, 4.69) is 0 Å². The van der Waals surface area contributed by atoms with Crippen molar-refractivity contribution in [2.75, 3.05) is 34.0 Å². The van der Waals surface area contributed by atoms with Crippen molar-refractivity contribution < 1.29 is 33.6 Å². The van der Waals surface area contributed by atoms with Crippen molar-refractivity contribution in [3.8, 4) is 17.2 Å². The van der Waals surface area contributed by atoms with Gasteiger partial charge in [0, 0.05) is 35.9 Å².